The van der Waals surface area contributed by atoms with Crippen LogP contribution in [0, 0.1) is 0 Å². The van der Waals surface area contributed by atoms with Gasteiger partial charge in [0, 0.05) is 13.1 Å². The minimum Gasteiger partial charge on any atom is -0.480 e. The average Bonchev–Trinajstić information content (AvgIpc) is 2.79. The van der Waals surface area contributed by atoms with Gasteiger partial charge in [-0.15, -0.1) is 6.58 Å². The second kappa shape index (κ2) is 5.37. The van der Waals surface area contributed by atoms with Crippen molar-refractivity contribution in [2.24, 2.45) is 5.73 Å². The molecule has 1 saturated heterocycles. The molecule has 0 bridgehead atoms. The monoisotopic (exact) mass is 342 g/mol. The van der Waals surface area contributed by atoms with Crippen LogP contribution in [0.2, 0.25) is 0 Å². The quantitative estimate of drug-likeness (QED) is 0.757. The van der Waals surface area contributed by atoms with E-state index in [-0.39, 0.29) is 12.1 Å². The first kappa shape index (κ1) is 14.7. The van der Waals surface area contributed by atoms with E-state index in [1.165, 1.54) is 10.9 Å². The maximum Gasteiger partial charge on any atom is 0.325 e. The van der Waals surface area contributed by atoms with E-state index in [1.54, 1.807) is 11.0 Å². The first-order valence-corrected chi connectivity index (χ1v) is 6.82. The smallest absolute Gasteiger partial charge is 0.325 e. The molecule has 1 unspecified atom stereocenters. The maximum atomic E-state index is 12.1. The highest BCUT2D eigenvalue weighted by atomic mass is 79.9. The highest BCUT2D eigenvalue weighted by molar-refractivity contribution is 9.10. The van der Waals surface area contributed by atoms with Crippen molar-refractivity contribution in [3.63, 3.8) is 0 Å². The summed E-state index contributed by atoms with van der Waals surface area (Å²) in [7, 11) is 0. The topological polar surface area (TPSA) is 101 Å². The van der Waals surface area contributed by atoms with Crippen LogP contribution in [-0.2, 0) is 11.3 Å². The third-order valence-electron chi connectivity index (χ3n) is 3.34. The van der Waals surface area contributed by atoms with Crippen molar-refractivity contribution < 1.29 is 9.90 Å². The Morgan fingerprint density at radius 1 is 1.70 bits per heavy atom. The van der Waals surface area contributed by atoms with Crippen molar-refractivity contribution >= 4 is 27.6 Å². The first-order valence-electron chi connectivity index (χ1n) is 6.03. The lowest BCUT2D eigenvalue weighted by molar-refractivity contribution is -0.142. The molecule has 3 N–H and O–H groups in total. The molecule has 1 fully saturated rings. The predicted octanol–water partition coefficient (Wildman–Crippen LogP) is 0.184. The summed E-state index contributed by atoms with van der Waals surface area (Å²) in [5.41, 5.74) is 4.81. The van der Waals surface area contributed by atoms with Gasteiger partial charge in [0.05, 0.1) is 18.4 Å². The molecule has 0 saturated carbocycles. The van der Waals surface area contributed by atoms with Crippen LogP contribution in [0.5, 0.6) is 0 Å². The molecule has 8 heteroatoms. The average molecular weight is 343 g/mol. The Hall–Kier alpha value is -1.67. The first-order chi connectivity index (χ1) is 9.39. The number of hydrogen-bond donors (Lipinski definition) is 2. The van der Waals surface area contributed by atoms with Gasteiger partial charge < -0.3 is 15.7 Å². The molecule has 0 amide bonds. The number of nitrogens with zero attached hydrogens (tertiary/aromatic N) is 3. The lowest BCUT2D eigenvalue weighted by Gasteiger charge is -2.22. The summed E-state index contributed by atoms with van der Waals surface area (Å²) < 4.78 is 1.62. The van der Waals surface area contributed by atoms with Gasteiger partial charge in [0.2, 0.25) is 0 Å². The number of carboxylic acids is 1. The van der Waals surface area contributed by atoms with E-state index in [9.17, 15) is 9.59 Å². The van der Waals surface area contributed by atoms with Gasteiger partial charge in [-0.1, -0.05) is 6.08 Å². The third kappa shape index (κ3) is 2.48. The molecule has 0 aliphatic carbocycles. The fourth-order valence-electron chi connectivity index (χ4n) is 2.14. The minimum absolute atomic E-state index is 0.146. The molecule has 2 heterocycles. The van der Waals surface area contributed by atoms with Crippen LogP contribution >= 0.6 is 15.9 Å². The summed E-state index contributed by atoms with van der Waals surface area (Å²) in [5, 5.41) is 13.2. The van der Waals surface area contributed by atoms with Gasteiger partial charge in [-0.3, -0.25) is 9.59 Å². The number of nitrogens with two attached hydrogens (primary N) is 1. The summed E-state index contributed by atoms with van der Waals surface area (Å²) in [4.78, 5) is 25.0. The standard InChI is InChI=1S/C12H15BrN4O3/c1-2-4-17-10(18)9(13)8(6-15-17)16-5-3-12(14,7-16)11(19)20/h2,6H,1,3-5,7,14H2,(H,19,20). The molecule has 0 aromatic carbocycles. The molecule has 1 aliphatic heterocycles. The number of carboxylic acid groups (broad SMARTS) is 1. The summed E-state index contributed by atoms with van der Waals surface area (Å²) in [6, 6.07) is 0. The summed E-state index contributed by atoms with van der Waals surface area (Å²) in [5.74, 6) is -1.04. The van der Waals surface area contributed by atoms with Crippen LogP contribution in [0.1, 0.15) is 6.42 Å². The SMILES string of the molecule is C=CCn1ncc(N2CCC(N)(C(=O)O)C2)c(Br)c1=O. The van der Waals surface area contributed by atoms with Crippen molar-refractivity contribution in [3.8, 4) is 0 Å². The van der Waals surface area contributed by atoms with Crippen molar-refractivity contribution in [2.45, 2.75) is 18.5 Å². The maximum absolute atomic E-state index is 12.1. The summed E-state index contributed by atoms with van der Waals surface area (Å²) in [6.07, 6.45) is 3.43. The Morgan fingerprint density at radius 3 is 2.95 bits per heavy atom. The zero-order chi connectivity index (χ0) is 14.9. The molecule has 108 valence electrons. The highest BCUT2D eigenvalue weighted by Crippen LogP contribution is 2.28. The fraction of sp³-hybridized carbons (Fsp3) is 0.417. The van der Waals surface area contributed by atoms with Crippen LogP contribution in [-0.4, -0.2) is 39.5 Å². The predicted molar refractivity (Wildman–Crippen MR) is 77.8 cm³/mol. The molecular weight excluding hydrogens is 328 g/mol. The van der Waals surface area contributed by atoms with E-state index >= 15 is 0 Å². The molecule has 1 atom stereocenters. The number of allylic oxidation sites excluding steroid dienone is 1. The van der Waals surface area contributed by atoms with Crippen LogP contribution < -0.4 is 16.2 Å². The summed E-state index contributed by atoms with van der Waals surface area (Å²) in [6.45, 7) is 4.48. The van der Waals surface area contributed by atoms with E-state index in [2.05, 4.69) is 27.6 Å². The van der Waals surface area contributed by atoms with E-state index < -0.39 is 11.5 Å². The number of anilines is 1. The molecule has 20 heavy (non-hydrogen) atoms. The lowest BCUT2D eigenvalue weighted by atomic mass is 10.0. The van der Waals surface area contributed by atoms with Crippen LogP contribution in [0.15, 0.2) is 28.1 Å². The molecule has 1 aliphatic rings. The number of aliphatic carboxylic acids is 1. The Labute approximate surface area is 123 Å². The number of hydrogen-bond acceptors (Lipinski definition) is 5. The molecular formula is C12H15BrN4O3. The zero-order valence-corrected chi connectivity index (χ0v) is 12.3. The Kier molecular flexibility index (Phi) is 3.96. The van der Waals surface area contributed by atoms with Crippen molar-refractivity contribution in [2.75, 3.05) is 18.0 Å². The van der Waals surface area contributed by atoms with Gasteiger partial charge in [0.15, 0.2) is 0 Å². The van der Waals surface area contributed by atoms with Crippen LogP contribution in [0.3, 0.4) is 0 Å². The number of aromatic nitrogens is 2. The van der Waals surface area contributed by atoms with Crippen molar-refractivity contribution in [3.05, 3.63) is 33.7 Å². The molecule has 1 aromatic rings. The number of rotatable bonds is 4. The third-order valence-corrected chi connectivity index (χ3v) is 4.08. The van der Waals surface area contributed by atoms with Gasteiger partial charge in [0.1, 0.15) is 10.0 Å². The molecule has 1 aromatic heterocycles. The zero-order valence-electron chi connectivity index (χ0n) is 10.8. The van der Waals surface area contributed by atoms with E-state index in [0.717, 1.165) is 0 Å². The van der Waals surface area contributed by atoms with Crippen molar-refractivity contribution in [1.29, 1.82) is 0 Å². The van der Waals surface area contributed by atoms with Gasteiger partial charge in [-0.05, 0) is 22.4 Å². The summed E-state index contributed by atoms with van der Waals surface area (Å²) >= 11 is 3.25. The van der Waals surface area contributed by atoms with Gasteiger partial charge in [-0.25, -0.2) is 4.68 Å². The second-order valence-corrected chi connectivity index (χ2v) is 5.55. The van der Waals surface area contributed by atoms with E-state index in [4.69, 9.17) is 10.8 Å². The van der Waals surface area contributed by atoms with Gasteiger partial charge in [-0.2, -0.15) is 5.10 Å². The van der Waals surface area contributed by atoms with Gasteiger partial charge >= 0.3 is 5.97 Å². The Bertz CT molecular complexity index is 615. The molecule has 0 spiro atoms. The highest BCUT2D eigenvalue weighted by Gasteiger charge is 2.42. The molecule has 0 radical (unpaired) electrons. The number of carbonyl (C=O) groups is 1. The van der Waals surface area contributed by atoms with Crippen LogP contribution in [0.4, 0.5) is 5.69 Å². The van der Waals surface area contributed by atoms with Crippen LogP contribution in [0.25, 0.3) is 0 Å². The molecule has 2 rings (SSSR count). The van der Waals surface area contributed by atoms with E-state index in [1.807, 2.05) is 0 Å². The minimum atomic E-state index is -1.28. The van der Waals surface area contributed by atoms with Crippen molar-refractivity contribution in [1.82, 2.24) is 9.78 Å². The molecule has 7 nitrogen and oxygen atoms in total. The Morgan fingerprint density at radius 2 is 2.40 bits per heavy atom. The number of halogens is 1. The Balaban J connectivity index is 2.32. The largest absolute Gasteiger partial charge is 0.480 e. The van der Waals surface area contributed by atoms with E-state index in [0.29, 0.717) is 29.7 Å². The lowest BCUT2D eigenvalue weighted by Crippen LogP contribution is -2.50. The fourth-order valence-corrected chi connectivity index (χ4v) is 2.70. The second-order valence-electron chi connectivity index (χ2n) is 4.75. The normalized spacial score (nSPS) is 22.0. The van der Waals surface area contributed by atoms with Gasteiger partial charge in [0.25, 0.3) is 5.56 Å².